The van der Waals surface area contributed by atoms with E-state index in [1.54, 1.807) is 12.1 Å². The van der Waals surface area contributed by atoms with Gasteiger partial charge >= 0.3 is 0 Å². The van der Waals surface area contributed by atoms with Crippen LogP contribution in [0.4, 0.5) is 0 Å². The van der Waals surface area contributed by atoms with Gasteiger partial charge in [0.25, 0.3) is 0 Å². The summed E-state index contributed by atoms with van der Waals surface area (Å²) in [5.74, 6) is 0.347. The molecule has 4 heteroatoms. The maximum atomic E-state index is 5.86. The van der Waals surface area contributed by atoms with Crippen molar-refractivity contribution in [3.05, 3.63) is 33.8 Å². The molecule has 0 saturated carbocycles. The molecule has 0 aliphatic carbocycles. The minimum absolute atomic E-state index is 0.347. The SMILES string of the molecule is NC(=[NH2+])Cc1ccc(Cl)cc1Cl. The van der Waals surface area contributed by atoms with Crippen molar-refractivity contribution in [2.75, 3.05) is 0 Å². The predicted octanol–water partition coefficient (Wildman–Crippen LogP) is 0.652. The molecule has 0 saturated heterocycles. The van der Waals surface area contributed by atoms with E-state index in [2.05, 4.69) is 0 Å². The average molecular weight is 204 g/mol. The third-order valence-corrected chi connectivity index (χ3v) is 2.00. The zero-order valence-electron chi connectivity index (χ0n) is 6.35. The van der Waals surface area contributed by atoms with Crippen molar-refractivity contribution in [1.82, 2.24) is 0 Å². The highest BCUT2D eigenvalue weighted by Crippen LogP contribution is 2.20. The monoisotopic (exact) mass is 203 g/mol. The summed E-state index contributed by atoms with van der Waals surface area (Å²) < 4.78 is 0. The van der Waals surface area contributed by atoms with Crippen LogP contribution in [0.3, 0.4) is 0 Å². The van der Waals surface area contributed by atoms with Crippen LogP contribution in [0.25, 0.3) is 0 Å². The second-order valence-electron chi connectivity index (χ2n) is 2.49. The van der Waals surface area contributed by atoms with Gasteiger partial charge in [0.05, 0.1) is 6.42 Å². The summed E-state index contributed by atoms with van der Waals surface area (Å²) >= 11 is 11.6. The number of halogens is 2. The van der Waals surface area contributed by atoms with Crippen LogP contribution < -0.4 is 11.1 Å². The zero-order chi connectivity index (χ0) is 9.14. The standard InChI is InChI=1S/C8H8Cl2N2/c9-6-2-1-5(3-8(11)12)7(10)4-6/h1-2,4H,3H2,(H3,11,12)/p+1. The lowest BCUT2D eigenvalue weighted by Crippen LogP contribution is -2.46. The van der Waals surface area contributed by atoms with Crippen LogP contribution in [0.1, 0.15) is 5.56 Å². The van der Waals surface area contributed by atoms with Gasteiger partial charge in [-0.25, -0.2) is 0 Å². The lowest BCUT2D eigenvalue weighted by atomic mass is 10.1. The molecule has 0 heterocycles. The molecule has 1 aromatic rings. The highest BCUT2D eigenvalue weighted by Gasteiger charge is 2.04. The van der Waals surface area contributed by atoms with Crippen molar-refractivity contribution in [2.24, 2.45) is 5.73 Å². The van der Waals surface area contributed by atoms with Gasteiger partial charge in [-0.1, -0.05) is 29.3 Å². The predicted molar refractivity (Wildman–Crippen MR) is 51.3 cm³/mol. The van der Waals surface area contributed by atoms with Gasteiger partial charge in [-0.05, 0) is 17.7 Å². The molecule has 1 aromatic carbocycles. The highest BCUT2D eigenvalue weighted by atomic mass is 35.5. The van der Waals surface area contributed by atoms with E-state index in [0.29, 0.717) is 22.3 Å². The molecule has 0 aromatic heterocycles. The molecular weight excluding hydrogens is 195 g/mol. The van der Waals surface area contributed by atoms with Crippen molar-refractivity contribution >= 4 is 29.0 Å². The van der Waals surface area contributed by atoms with Gasteiger partial charge in [-0.3, -0.25) is 11.1 Å². The van der Waals surface area contributed by atoms with Crippen molar-refractivity contribution in [1.29, 1.82) is 0 Å². The molecule has 64 valence electrons. The second-order valence-corrected chi connectivity index (χ2v) is 3.33. The van der Waals surface area contributed by atoms with Gasteiger partial charge in [0, 0.05) is 10.0 Å². The number of hydrogen-bond acceptors (Lipinski definition) is 0. The molecule has 0 radical (unpaired) electrons. The lowest BCUT2D eigenvalue weighted by molar-refractivity contribution is -0.117. The summed E-state index contributed by atoms with van der Waals surface area (Å²) in [6.07, 6.45) is 0.482. The van der Waals surface area contributed by atoms with E-state index in [-0.39, 0.29) is 0 Å². The van der Waals surface area contributed by atoms with Crippen molar-refractivity contribution in [3.8, 4) is 0 Å². The molecule has 0 unspecified atom stereocenters. The molecule has 2 nitrogen and oxygen atoms in total. The molecule has 0 amide bonds. The molecule has 0 aliphatic rings. The van der Waals surface area contributed by atoms with Crippen molar-refractivity contribution in [2.45, 2.75) is 6.42 Å². The molecule has 0 fully saturated rings. The van der Waals surface area contributed by atoms with Gasteiger partial charge in [0.15, 0.2) is 0 Å². The normalized spacial score (nSPS) is 9.83. The Morgan fingerprint density at radius 2 is 2.08 bits per heavy atom. The van der Waals surface area contributed by atoms with Gasteiger partial charge in [-0.15, -0.1) is 0 Å². The molecule has 0 bridgehead atoms. The molecule has 1 rings (SSSR count). The van der Waals surface area contributed by atoms with E-state index in [0.717, 1.165) is 5.56 Å². The summed E-state index contributed by atoms with van der Waals surface area (Å²) in [6, 6.07) is 5.23. The summed E-state index contributed by atoms with van der Waals surface area (Å²) in [5, 5.41) is 6.54. The third kappa shape index (κ3) is 2.40. The van der Waals surface area contributed by atoms with Crippen LogP contribution in [0.2, 0.25) is 10.0 Å². The van der Waals surface area contributed by atoms with Gasteiger partial charge in [-0.2, -0.15) is 0 Å². The summed E-state index contributed by atoms with van der Waals surface area (Å²) in [7, 11) is 0. The maximum absolute atomic E-state index is 5.86. The van der Waals surface area contributed by atoms with Gasteiger partial charge in [0.2, 0.25) is 5.84 Å². The Bertz CT molecular complexity index is 310. The van der Waals surface area contributed by atoms with Crippen LogP contribution in [0.15, 0.2) is 18.2 Å². The largest absolute Gasteiger partial charge is 0.291 e. The van der Waals surface area contributed by atoms with Gasteiger partial charge < -0.3 is 0 Å². The van der Waals surface area contributed by atoms with E-state index in [1.807, 2.05) is 6.07 Å². The number of amidine groups is 1. The summed E-state index contributed by atoms with van der Waals surface area (Å²) in [5.41, 5.74) is 6.22. The third-order valence-electron chi connectivity index (χ3n) is 1.41. The molecule has 12 heavy (non-hydrogen) atoms. The first-order valence-corrected chi connectivity index (χ1v) is 4.16. The number of rotatable bonds is 2. The Morgan fingerprint density at radius 1 is 1.42 bits per heavy atom. The number of hydrogen-bond donors (Lipinski definition) is 2. The van der Waals surface area contributed by atoms with E-state index in [4.69, 9.17) is 34.3 Å². The zero-order valence-corrected chi connectivity index (χ0v) is 7.86. The Balaban J connectivity index is 2.93. The first-order chi connectivity index (χ1) is 5.59. The average Bonchev–Trinajstić information content (AvgIpc) is 1.94. The first-order valence-electron chi connectivity index (χ1n) is 3.40. The lowest BCUT2D eigenvalue weighted by Gasteiger charge is -2.00. The molecule has 0 spiro atoms. The molecule has 4 N–H and O–H groups in total. The highest BCUT2D eigenvalue weighted by molar-refractivity contribution is 6.35. The molecular formula is C8H9Cl2N2+. The fraction of sp³-hybridized carbons (Fsp3) is 0.125. The Hall–Kier alpha value is -0.730. The number of benzene rings is 1. The van der Waals surface area contributed by atoms with E-state index in [9.17, 15) is 0 Å². The van der Waals surface area contributed by atoms with Crippen molar-refractivity contribution < 1.29 is 5.41 Å². The smallest absolute Gasteiger partial charge is 0.242 e. The Labute approximate surface area is 80.8 Å². The molecule has 0 aliphatic heterocycles. The molecule has 0 atom stereocenters. The first kappa shape index (κ1) is 9.36. The van der Waals surface area contributed by atoms with Crippen LogP contribution in [0.5, 0.6) is 0 Å². The summed E-state index contributed by atoms with van der Waals surface area (Å²) in [4.78, 5) is 0. The topological polar surface area (TPSA) is 51.6 Å². The minimum atomic E-state index is 0.347. The summed E-state index contributed by atoms with van der Waals surface area (Å²) in [6.45, 7) is 0. The minimum Gasteiger partial charge on any atom is -0.291 e. The van der Waals surface area contributed by atoms with Crippen LogP contribution in [-0.4, -0.2) is 5.84 Å². The van der Waals surface area contributed by atoms with Crippen LogP contribution in [-0.2, 0) is 6.42 Å². The number of nitrogens with two attached hydrogens (primary N) is 2. The van der Waals surface area contributed by atoms with E-state index < -0.39 is 0 Å². The Morgan fingerprint density at radius 3 is 2.58 bits per heavy atom. The Kier molecular flexibility index (Phi) is 2.95. The van der Waals surface area contributed by atoms with E-state index >= 15 is 0 Å². The maximum Gasteiger partial charge on any atom is 0.242 e. The van der Waals surface area contributed by atoms with Crippen LogP contribution in [0, 0.1) is 0 Å². The fourth-order valence-electron chi connectivity index (χ4n) is 0.885. The quantitative estimate of drug-likeness (QED) is 0.539. The van der Waals surface area contributed by atoms with Gasteiger partial charge in [0.1, 0.15) is 0 Å². The van der Waals surface area contributed by atoms with Crippen molar-refractivity contribution in [3.63, 3.8) is 0 Å². The van der Waals surface area contributed by atoms with Crippen LogP contribution >= 0.6 is 23.2 Å². The van der Waals surface area contributed by atoms with E-state index in [1.165, 1.54) is 0 Å². The fourth-order valence-corrected chi connectivity index (χ4v) is 1.36. The second kappa shape index (κ2) is 3.78.